The maximum Gasteiger partial charge on any atom is 0.341 e. The Morgan fingerprint density at radius 2 is 2.29 bits per heavy atom. The van der Waals surface area contributed by atoms with E-state index in [1.54, 1.807) is 24.9 Å². The summed E-state index contributed by atoms with van der Waals surface area (Å²) in [7, 11) is 1.78. The van der Waals surface area contributed by atoms with Crippen LogP contribution < -0.4 is 0 Å². The highest BCUT2D eigenvalue weighted by molar-refractivity contribution is 5.96. The third-order valence-corrected chi connectivity index (χ3v) is 2.57. The number of aryl methyl sites for hydroxylation is 3. The van der Waals surface area contributed by atoms with Gasteiger partial charge in [0.05, 0.1) is 5.69 Å². The molecule has 0 aliphatic carbocycles. The van der Waals surface area contributed by atoms with E-state index in [0.717, 1.165) is 5.69 Å². The maximum atomic E-state index is 11.2. The molecule has 0 aromatic carbocycles. The quantitative estimate of drug-likeness (QED) is 0.874. The van der Waals surface area contributed by atoms with E-state index in [-0.39, 0.29) is 5.56 Å². The maximum absolute atomic E-state index is 11.2. The van der Waals surface area contributed by atoms with Crippen LogP contribution in [-0.2, 0) is 13.5 Å². The van der Waals surface area contributed by atoms with E-state index in [4.69, 9.17) is 4.52 Å². The molecule has 17 heavy (non-hydrogen) atoms. The highest BCUT2D eigenvalue weighted by atomic mass is 16.5. The third kappa shape index (κ3) is 1.82. The number of nitrogens with zero attached hydrogens (tertiary/aromatic N) is 3. The number of rotatable bonds is 3. The number of hydrogen-bond acceptors (Lipinski definition) is 4. The van der Waals surface area contributed by atoms with Gasteiger partial charge in [-0.15, -0.1) is 0 Å². The largest absolute Gasteiger partial charge is 0.477 e. The van der Waals surface area contributed by atoms with Gasteiger partial charge in [-0.3, -0.25) is 4.68 Å². The van der Waals surface area contributed by atoms with Gasteiger partial charge in [-0.1, -0.05) is 12.1 Å². The molecule has 0 spiro atoms. The molecule has 6 nitrogen and oxygen atoms in total. The lowest BCUT2D eigenvalue weighted by Crippen LogP contribution is -2.01. The van der Waals surface area contributed by atoms with Crippen LogP contribution in [0.5, 0.6) is 0 Å². The SMILES string of the molecule is CCc1onc(-c2cn(C)nc2C)c1C(=O)O. The summed E-state index contributed by atoms with van der Waals surface area (Å²) in [5, 5.41) is 17.2. The summed E-state index contributed by atoms with van der Waals surface area (Å²) in [5.41, 5.74) is 1.89. The lowest BCUT2D eigenvalue weighted by Gasteiger charge is -1.95. The van der Waals surface area contributed by atoms with E-state index in [1.807, 2.05) is 6.92 Å². The summed E-state index contributed by atoms with van der Waals surface area (Å²) < 4.78 is 6.68. The standard InChI is InChI=1S/C11H13N3O3/c1-4-8-9(11(15)16)10(13-17-8)7-5-14(3)12-6(7)2/h5H,4H2,1-3H3,(H,15,16). The number of carboxylic acid groups (broad SMARTS) is 1. The Morgan fingerprint density at radius 1 is 1.59 bits per heavy atom. The molecule has 6 heteroatoms. The Morgan fingerprint density at radius 3 is 2.76 bits per heavy atom. The molecule has 90 valence electrons. The smallest absolute Gasteiger partial charge is 0.341 e. The first-order chi connectivity index (χ1) is 8.04. The lowest BCUT2D eigenvalue weighted by molar-refractivity contribution is 0.0695. The Labute approximate surface area is 97.8 Å². The van der Waals surface area contributed by atoms with Crippen LogP contribution in [0.3, 0.4) is 0 Å². The van der Waals surface area contributed by atoms with Crippen molar-refractivity contribution in [1.29, 1.82) is 0 Å². The monoisotopic (exact) mass is 235 g/mol. The van der Waals surface area contributed by atoms with Crippen LogP contribution in [0, 0.1) is 6.92 Å². The lowest BCUT2D eigenvalue weighted by atomic mass is 10.1. The molecule has 0 radical (unpaired) electrons. The average Bonchev–Trinajstić information content (AvgIpc) is 2.80. The fourth-order valence-corrected chi connectivity index (χ4v) is 1.80. The fraction of sp³-hybridized carbons (Fsp3) is 0.364. The molecule has 2 aromatic heterocycles. The highest BCUT2D eigenvalue weighted by Gasteiger charge is 2.24. The predicted octanol–water partition coefficient (Wildman–Crippen LogP) is 1.64. The molecule has 2 rings (SSSR count). The zero-order valence-corrected chi connectivity index (χ0v) is 9.89. The second kappa shape index (κ2) is 4.04. The van der Waals surface area contributed by atoms with Gasteiger partial charge in [0.15, 0.2) is 5.76 Å². The minimum atomic E-state index is -1.03. The Balaban J connectivity index is 2.63. The van der Waals surface area contributed by atoms with Crippen LogP contribution in [0.15, 0.2) is 10.7 Å². The molecular formula is C11H13N3O3. The van der Waals surface area contributed by atoms with Crippen molar-refractivity contribution in [2.75, 3.05) is 0 Å². The first-order valence-corrected chi connectivity index (χ1v) is 5.27. The van der Waals surface area contributed by atoms with Gasteiger partial charge in [0.2, 0.25) is 0 Å². The topological polar surface area (TPSA) is 81.2 Å². The van der Waals surface area contributed by atoms with Gasteiger partial charge < -0.3 is 9.63 Å². The van der Waals surface area contributed by atoms with E-state index in [2.05, 4.69) is 10.3 Å². The van der Waals surface area contributed by atoms with Gasteiger partial charge in [-0.2, -0.15) is 5.10 Å². The summed E-state index contributed by atoms with van der Waals surface area (Å²) in [6.45, 7) is 3.63. The molecule has 2 aromatic rings. The van der Waals surface area contributed by atoms with Crippen molar-refractivity contribution < 1.29 is 14.4 Å². The zero-order chi connectivity index (χ0) is 12.6. The molecule has 2 heterocycles. The molecule has 0 bridgehead atoms. The first kappa shape index (κ1) is 11.4. The van der Waals surface area contributed by atoms with Crippen molar-refractivity contribution in [3.63, 3.8) is 0 Å². The molecule has 0 aliphatic rings. The number of carboxylic acids is 1. The van der Waals surface area contributed by atoms with Crippen molar-refractivity contribution in [3.8, 4) is 11.3 Å². The Hall–Kier alpha value is -2.11. The van der Waals surface area contributed by atoms with Crippen LogP contribution >= 0.6 is 0 Å². The van der Waals surface area contributed by atoms with Gasteiger partial charge in [-0.05, 0) is 6.92 Å². The zero-order valence-electron chi connectivity index (χ0n) is 9.89. The van der Waals surface area contributed by atoms with Crippen molar-refractivity contribution >= 4 is 5.97 Å². The molecule has 0 unspecified atom stereocenters. The number of aromatic nitrogens is 3. The van der Waals surface area contributed by atoms with Crippen LogP contribution in [0.4, 0.5) is 0 Å². The summed E-state index contributed by atoms with van der Waals surface area (Å²) >= 11 is 0. The van der Waals surface area contributed by atoms with Gasteiger partial charge in [-0.25, -0.2) is 4.79 Å². The molecule has 0 atom stereocenters. The molecular weight excluding hydrogens is 222 g/mol. The molecule has 1 N–H and O–H groups in total. The first-order valence-electron chi connectivity index (χ1n) is 5.27. The number of aromatic carboxylic acids is 1. The number of carbonyl (C=O) groups is 1. The summed E-state index contributed by atoms with van der Waals surface area (Å²) in [6, 6.07) is 0. The van der Waals surface area contributed by atoms with Crippen LogP contribution in [0.1, 0.15) is 28.7 Å². The van der Waals surface area contributed by atoms with E-state index in [9.17, 15) is 9.90 Å². The summed E-state index contributed by atoms with van der Waals surface area (Å²) in [5.74, 6) is -0.642. The minimum Gasteiger partial charge on any atom is -0.477 e. The molecule has 0 saturated heterocycles. The predicted molar refractivity (Wildman–Crippen MR) is 59.8 cm³/mol. The average molecular weight is 235 g/mol. The van der Waals surface area contributed by atoms with E-state index >= 15 is 0 Å². The van der Waals surface area contributed by atoms with E-state index in [0.29, 0.717) is 23.4 Å². The second-order valence-electron chi connectivity index (χ2n) is 3.79. The fourth-order valence-electron chi connectivity index (χ4n) is 1.80. The van der Waals surface area contributed by atoms with E-state index < -0.39 is 5.97 Å². The normalized spacial score (nSPS) is 10.8. The van der Waals surface area contributed by atoms with Crippen LogP contribution in [0.2, 0.25) is 0 Å². The summed E-state index contributed by atoms with van der Waals surface area (Å²) in [4.78, 5) is 11.2. The minimum absolute atomic E-state index is 0.128. The van der Waals surface area contributed by atoms with Crippen molar-refractivity contribution in [3.05, 3.63) is 23.2 Å². The molecule has 0 aliphatic heterocycles. The molecule has 0 amide bonds. The highest BCUT2D eigenvalue weighted by Crippen LogP contribution is 2.27. The molecule has 0 fully saturated rings. The molecule has 0 saturated carbocycles. The Bertz CT molecular complexity index is 569. The van der Waals surface area contributed by atoms with Gasteiger partial charge in [0.1, 0.15) is 11.3 Å². The van der Waals surface area contributed by atoms with Gasteiger partial charge in [0.25, 0.3) is 0 Å². The van der Waals surface area contributed by atoms with Gasteiger partial charge in [0, 0.05) is 25.2 Å². The van der Waals surface area contributed by atoms with Crippen molar-refractivity contribution in [2.45, 2.75) is 20.3 Å². The van der Waals surface area contributed by atoms with Crippen LogP contribution in [0.25, 0.3) is 11.3 Å². The van der Waals surface area contributed by atoms with Crippen LogP contribution in [-0.4, -0.2) is 26.0 Å². The Kier molecular flexibility index (Phi) is 2.71. The number of hydrogen-bond donors (Lipinski definition) is 1. The summed E-state index contributed by atoms with van der Waals surface area (Å²) in [6.07, 6.45) is 2.23. The van der Waals surface area contributed by atoms with Crippen molar-refractivity contribution in [1.82, 2.24) is 14.9 Å². The van der Waals surface area contributed by atoms with E-state index in [1.165, 1.54) is 0 Å². The third-order valence-electron chi connectivity index (χ3n) is 2.57. The second-order valence-corrected chi connectivity index (χ2v) is 3.79. The van der Waals surface area contributed by atoms with Crippen molar-refractivity contribution in [2.24, 2.45) is 7.05 Å². The van der Waals surface area contributed by atoms with Gasteiger partial charge >= 0.3 is 5.97 Å².